The lowest BCUT2D eigenvalue weighted by molar-refractivity contribution is -0.206. The van der Waals surface area contributed by atoms with Gasteiger partial charge in [0.25, 0.3) is 0 Å². The van der Waals surface area contributed by atoms with E-state index in [1.807, 2.05) is 12.8 Å². The number of fused-ring (bicyclic) bond motifs is 1. The molecule has 1 aliphatic heterocycles. The quantitative estimate of drug-likeness (QED) is 0.104. The number of carboxylic acid groups (broad SMARTS) is 4. The predicted octanol–water partition coefficient (Wildman–Crippen LogP) is 2.65. The van der Waals surface area contributed by atoms with Crippen LogP contribution in [-0.2, 0) is 62.1 Å². The molecule has 1 amide bonds. The summed E-state index contributed by atoms with van der Waals surface area (Å²) in [5.41, 5.74) is 1.26. The maximum atomic E-state index is 12.3. The first-order valence-corrected chi connectivity index (χ1v) is 18.3. The molecule has 1 saturated carbocycles. The molecule has 6 atom stereocenters. The van der Waals surface area contributed by atoms with Crippen molar-refractivity contribution in [3.8, 4) is 29.1 Å². The van der Waals surface area contributed by atoms with Gasteiger partial charge in [-0.2, -0.15) is 0 Å². The summed E-state index contributed by atoms with van der Waals surface area (Å²) < 4.78 is 34.0. The summed E-state index contributed by atoms with van der Waals surface area (Å²) in [6.07, 6.45) is -5.70. The maximum Gasteiger partial charge on any atom is 0.382 e. The number of rotatable bonds is 14. The highest BCUT2D eigenvalue weighted by atomic mass is 16.7. The third kappa shape index (κ3) is 17.2. The highest BCUT2D eigenvalue weighted by molar-refractivity contribution is 5.95. The number of nitrogens with one attached hydrogen (secondary N) is 1. The molecule has 0 aromatic heterocycles. The zero-order valence-corrected chi connectivity index (χ0v) is 33.6. The number of carbonyl (C=O) groups excluding carboxylic acids is 5. The molecule has 2 aromatic rings. The molecule has 5 N–H and O–H groups in total. The number of carboxylic acids is 4. The molecule has 61 heavy (non-hydrogen) atoms. The Kier molecular flexibility index (Phi) is 20.0. The molecule has 1 aliphatic carbocycles. The van der Waals surface area contributed by atoms with Crippen molar-refractivity contribution in [2.75, 3.05) is 18.7 Å². The number of esters is 4. The van der Waals surface area contributed by atoms with Crippen molar-refractivity contribution < 1.29 is 96.7 Å². The fraction of sp³-hybridized carbons (Fsp3) is 0.425. The Morgan fingerprint density at radius 1 is 0.689 bits per heavy atom. The van der Waals surface area contributed by atoms with Crippen LogP contribution in [0.4, 0.5) is 5.69 Å². The number of amides is 1. The average molecular weight is 860 g/mol. The second kappa shape index (κ2) is 24.5. The molecule has 4 rings (SSSR count). The van der Waals surface area contributed by atoms with E-state index in [2.05, 4.69) is 20.7 Å². The van der Waals surface area contributed by atoms with E-state index in [-0.39, 0.29) is 12.7 Å². The summed E-state index contributed by atoms with van der Waals surface area (Å²) in [5, 5.41) is 38.8. The first-order chi connectivity index (χ1) is 28.7. The minimum absolute atomic E-state index is 0.200. The zero-order valence-electron chi connectivity index (χ0n) is 33.6. The van der Waals surface area contributed by atoms with Crippen LogP contribution in [-0.4, -0.2) is 112 Å². The van der Waals surface area contributed by atoms with Crippen LogP contribution in [0.2, 0.25) is 0 Å². The molecule has 1 heterocycles. The third-order valence-electron chi connectivity index (χ3n) is 8.14. The van der Waals surface area contributed by atoms with E-state index in [0.717, 1.165) is 46.3 Å². The molecule has 330 valence electrons. The van der Waals surface area contributed by atoms with Crippen LogP contribution < -0.4 is 19.5 Å². The molecule has 2 aromatic carbocycles. The van der Waals surface area contributed by atoms with Crippen molar-refractivity contribution >= 4 is 59.3 Å². The van der Waals surface area contributed by atoms with Gasteiger partial charge in [0, 0.05) is 44.9 Å². The SMILES string of the molecule is CC(=O)O[C@H]([C@H](OC(C)=O)[C@@H](OC(C)=O)C(=O)O)[C@H](OC(C)=O)C(=O)O.CCOc1ccc(NC(=O)[C@H]2CCCC[C@H]2C(=O)O)cc1.O=C(O)C#Cc1ccc2c(c1)OCO2. The van der Waals surface area contributed by atoms with Crippen molar-refractivity contribution in [3.63, 3.8) is 0 Å². The molecule has 0 saturated heterocycles. The number of hydrogen-bond donors (Lipinski definition) is 5. The van der Waals surface area contributed by atoms with Crippen molar-refractivity contribution in [1.82, 2.24) is 0 Å². The molecule has 0 bridgehead atoms. The van der Waals surface area contributed by atoms with Crippen LogP contribution in [0.5, 0.6) is 17.2 Å². The molecule has 0 spiro atoms. The fourth-order valence-electron chi connectivity index (χ4n) is 5.74. The summed E-state index contributed by atoms with van der Waals surface area (Å²) in [6, 6.07) is 12.1. The Hall–Kier alpha value is -7.37. The minimum atomic E-state index is -2.24. The van der Waals surface area contributed by atoms with Crippen LogP contribution in [0.1, 0.15) is 65.9 Å². The number of carbonyl (C=O) groups is 9. The van der Waals surface area contributed by atoms with Crippen LogP contribution in [0.25, 0.3) is 0 Å². The van der Waals surface area contributed by atoms with Gasteiger partial charge in [0.1, 0.15) is 5.75 Å². The van der Waals surface area contributed by atoms with Crippen LogP contribution >= 0.6 is 0 Å². The van der Waals surface area contributed by atoms with E-state index < -0.39 is 84.0 Å². The average Bonchev–Trinajstić information content (AvgIpc) is 3.66. The van der Waals surface area contributed by atoms with E-state index in [0.29, 0.717) is 42.2 Å². The number of ether oxygens (including phenoxy) is 7. The maximum absolute atomic E-state index is 12.3. The van der Waals surface area contributed by atoms with E-state index in [1.54, 1.807) is 42.5 Å². The predicted molar refractivity (Wildman–Crippen MR) is 204 cm³/mol. The monoisotopic (exact) mass is 859 g/mol. The van der Waals surface area contributed by atoms with Gasteiger partial charge < -0.3 is 58.9 Å². The van der Waals surface area contributed by atoms with E-state index in [4.69, 9.17) is 28.8 Å². The van der Waals surface area contributed by atoms with Crippen molar-refractivity contribution in [2.45, 2.75) is 84.7 Å². The number of hydrogen-bond acceptors (Lipinski definition) is 16. The van der Waals surface area contributed by atoms with Gasteiger partial charge in [0.05, 0.1) is 18.4 Å². The van der Waals surface area contributed by atoms with Gasteiger partial charge in [-0.1, -0.05) is 18.8 Å². The van der Waals surface area contributed by atoms with E-state index in [1.165, 1.54) is 0 Å². The molecular formula is C40H45NO20. The highest BCUT2D eigenvalue weighted by Gasteiger charge is 2.49. The number of anilines is 1. The summed E-state index contributed by atoms with van der Waals surface area (Å²) in [5.74, 6) is -4.77. The molecule has 21 heteroatoms. The van der Waals surface area contributed by atoms with Crippen LogP contribution in [0.3, 0.4) is 0 Å². The van der Waals surface area contributed by atoms with Gasteiger partial charge in [-0.05, 0) is 62.2 Å². The lowest BCUT2D eigenvalue weighted by Crippen LogP contribution is -2.56. The lowest BCUT2D eigenvalue weighted by atomic mass is 9.78. The molecule has 21 nitrogen and oxygen atoms in total. The second-order valence-electron chi connectivity index (χ2n) is 12.8. The second-order valence-corrected chi connectivity index (χ2v) is 12.8. The van der Waals surface area contributed by atoms with Gasteiger partial charge in [-0.3, -0.25) is 28.8 Å². The first kappa shape index (κ1) is 49.8. The molecule has 0 unspecified atom stereocenters. The smallest absolute Gasteiger partial charge is 0.382 e. The largest absolute Gasteiger partial charge is 0.494 e. The number of aliphatic carboxylic acids is 4. The van der Waals surface area contributed by atoms with Gasteiger partial charge >= 0.3 is 47.8 Å². The minimum Gasteiger partial charge on any atom is -0.494 e. The van der Waals surface area contributed by atoms with Gasteiger partial charge in [0.15, 0.2) is 23.7 Å². The Morgan fingerprint density at radius 2 is 1.18 bits per heavy atom. The van der Waals surface area contributed by atoms with Crippen LogP contribution in [0.15, 0.2) is 42.5 Å². The zero-order chi connectivity index (χ0) is 45.8. The van der Waals surface area contributed by atoms with Gasteiger partial charge in [0.2, 0.25) is 24.9 Å². The fourth-order valence-corrected chi connectivity index (χ4v) is 5.74. The van der Waals surface area contributed by atoms with E-state index >= 15 is 0 Å². The number of benzene rings is 2. The first-order valence-electron chi connectivity index (χ1n) is 18.3. The Morgan fingerprint density at radius 3 is 1.62 bits per heavy atom. The van der Waals surface area contributed by atoms with Crippen molar-refractivity contribution in [1.29, 1.82) is 0 Å². The topological polar surface area (TPSA) is 311 Å². The lowest BCUT2D eigenvalue weighted by Gasteiger charge is -2.32. The van der Waals surface area contributed by atoms with Crippen molar-refractivity contribution in [2.24, 2.45) is 11.8 Å². The standard InChI is InChI=1S/C16H21NO4.C14H18O12.C10H6O4/c1-2-21-12-9-7-11(8-10-12)17-15(18)13-5-3-4-6-14(13)16(19)20;1-5(15)23-9(11(13(19)20)25-7(3)17)10(24-6(2)16)12(14(21)22)26-8(4)18;11-10(12)4-2-7-1-3-8-9(5-7)14-6-13-8/h7-10,13-14H,2-6H2,1H3,(H,17,18)(H,19,20);9-12H,1-4H3,(H,19,20)(H,21,22);1,3,5H,6H2,(H,11,12)/t13-,14+;9-,10+,11+,12-;/m0../s1. The molecule has 0 radical (unpaired) electrons. The Labute approximate surface area is 348 Å². The van der Waals surface area contributed by atoms with E-state index in [9.17, 15) is 58.5 Å². The Balaban J connectivity index is 0.000000327. The van der Waals surface area contributed by atoms with Gasteiger partial charge in [-0.25, -0.2) is 14.4 Å². The summed E-state index contributed by atoms with van der Waals surface area (Å²) in [7, 11) is 0. The summed E-state index contributed by atoms with van der Waals surface area (Å²) in [4.78, 5) is 101. The molecule has 2 aliphatic rings. The molecule has 1 fully saturated rings. The van der Waals surface area contributed by atoms with Gasteiger partial charge in [-0.15, -0.1) is 0 Å². The highest BCUT2D eigenvalue weighted by Crippen LogP contribution is 2.33. The van der Waals surface area contributed by atoms with Crippen LogP contribution in [0, 0.1) is 23.7 Å². The normalized spacial score (nSPS) is 16.4. The summed E-state index contributed by atoms with van der Waals surface area (Å²) in [6.45, 7) is 6.10. The summed E-state index contributed by atoms with van der Waals surface area (Å²) >= 11 is 0. The van der Waals surface area contributed by atoms with Crippen molar-refractivity contribution in [3.05, 3.63) is 48.0 Å². The third-order valence-corrected chi connectivity index (χ3v) is 8.14. The Bertz CT molecular complexity index is 1930. The molecular weight excluding hydrogens is 814 g/mol.